The van der Waals surface area contributed by atoms with Gasteiger partial charge in [-0.25, -0.2) is 0 Å². The van der Waals surface area contributed by atoms with Crippen LogP contribution in [0.3, 0.4) is 0 Å². The van der Waals surface area contributed by atoms with Crippen LogP contribution in [0, 0.1) is 11.8 Å². The third kappa shape index (κ3) is 2.32. The zero-order valence-corrected chi connectivity index (χ0v) is 11.2. The average molecular weight is 246 g/mol. The molecule has 1 aliphatic carbocycles. The van der Waals surface area contributed by atoms with Gasteiger partial charge in [-0.3, -0.25) is 0 Å². The van der Waals surface area contributed by atoms with Gasteiger partial charge in [0, 0.05) is 17.8 Å². The summed E-state index contributed by atoms with van der Waals surface area (Å²) in [6.45, 7) is 5.01. The largest absolute Gasteiger partial charge is 0.387 e. The highest BCUT2D eigenvalue weighted by Crippen LogP contribution is 2.37. The summed E-state index contributed by atoms with van der Waals surface area (Å²) in [6.07, 6.45) is 5.91. The Morgan fingerprint density at radius 1 is 1.39 bits per heavy atom. The molecular weight excluding hydrogens is 224 g/mol. The van der Waals surface area contributed by atoms with Crippen molar-refractivity contribution in [2.45, 2.75) is 39.2 Å². The fourth-order valence-corrected chi connectivity index (χ4v) is 2.57. The van der Waals surface area contributed by atoms with Crippen LogP contribution in [0.15, 0.2) is 11.6 Å². The van der Waals surface area contributed by atoms with Crippen molar-refractivity contribution in [1.82, 2.24) is 4.98 Å². The molecule has 1 aromatic heterocycles. The summed E-state index contributed by atoms with van der Waals surface area (Å²) >= 11 is 0. The average Bonchev–Trinajstić information content (AvgIpc) is 3.05. The minimum atomic E-state index is -0.405. The molecule has 1 aliphatic heterocycles. The van der Waals surface area contributed by atoms with Crippen molar-refractivity contribution in [1.29, 1.82) is 0 Å². The fourth-order valence-electron chi connectivity index (χ4n) is 2.57. The van der Waals surface area contributed by atoms with Crippen molar-refractivity contribution < 1.29 is 5.11 Å². The van der Waals surface area contributed by atoms with E-state index in [0.29, 0.717) is 0 Å². The second kappa shape index (κ2) is 4.47. The van der Waals surface area contributed by atoms with E-state index in [1.165, 1.54) is 30.4 Å². The minimum Gasteiger partial charge on any atom is -0.387 e. The quantitative estimate of drug-likeness (QED) is 0.763. The van der Waals surface area contributed by atoms with Crippen LogP contribution < -0.4 is 5.32 Å². The number of fused-ring (bicyclic) bond motifs is 1. The maximum atomic E-state index is 10.1. The number of aliphatic hydroxyl groups is 1. The molecule has 0 aromatic carbocycles. The van der Waals surface area contributed by atoms with Crippen LogP contribution >= 0.6 is 0 Å². The van der Waals surface area contributed by atoms with Crippen molar-refractivity contribution in [2.75, 3.05) is 11.9 Å². The van der Waals surface area contributed by atoms with Crippen LogP contribution in [-0.4, -0.2) is 16.6 Å². The Morgan fingerprint density at radius 3 is 2.83 bits per heavy atom. The van der Waals surface area contributed by atoms with E-state index in [1.807, 2.05) is 13.8 Å². The summed E-state index contributed by atoms with van der Waals surface area (Å²) in [5.74, 6) is 2.23. The Labute approximate surface area is 108 Å². The molecule has 98 valence electrons. The zero-order valence-electron chi connectivity index (χ0n) is 11.2. The van der Waals surface area contributed by atoms with Crippen LogP contribution in [0.4, 0.5) is 5.82 Å². The zero-order chi connectivity index (χ0) is 12.7. The predicted octanol–water partition coefficient (Wildman–Crippen LogP) is 3.31. The molecule has 1 atom stereocenters. The molecule has 18 heavy (non-hydrogen) atoms. The molecule has 2 heterocycles. The second-order valence-electron chi connectivity index (χ2n) is 6.05. The van der Waals surface area contributed by atoms with Crippen LogP contribution in [0.25, 0.3) is 6.08 Å². The number of aromatic nitrogens is 1. The van der Waals surface area contributed by atoms with E-state index >= 15 is 0 Å². The molecule has 0 amide bonds. The van der Waals surface area contributed by atoms with Gasteiger partial charge in [0.15, 0.2) is 0 Å². The first-order valence-electron chi connectivity index (χ1n) is 6.98. The first kappa shape index (κ1) is 11.8. The summed E-state index contributed by atoms with van der Waals surface area (Å²) in [5.41, 5.74) is 3.62. The molecule has 1 fully saturated rings. The second-order valence-corrected chi connectivity index (χ2v) is 6.05. The summed E-state index contributed by atoms with van der Waals surface area (Å²) < 4.78 is 0. The van der Waals surface area contributed by atoms with Gasteiger partial charge in [-0.2, -0.15) is 0 Å². The SMILES string of the molecule is CC(C)C(O)c1cc2c([nH]1)NCC(CC1CC1)=C2. The lowest BCUT2D eigenvalue weighted by atomic mass is 10.0. The third-order valence-electron chi connectivity index (χ3n) is 3.92. The summed E-state index contributed by atoms with van der Waals surface area (Å²) in [6, 6.07) is 2.08. The number of H-pyrrole nitrogens is 1. The number of aromatic amines is 1. The van der Waals surface area contributed by atoms with Crippen molar-refractivity contribution in [3.63, 3.8) is 0 Å². The van der Waals surface area contributed by atoms with Crippen LogP contribution in [0.5, 0.6) is 0 Å². The Balaban J connectivity index is 1.80. The van der Waals surface area contributed by atoms with Crippen LogP contribution in [0.2, 0.25) is 0 Å². The van der Waals surface area contributed by atoms with E-state index in [4.69, 9.17) is 0 Å². The summed E-state index contributed by atoms with van der Waals surface area (Å²) in [5, 5.41) is 13.5. The van der Waals surface area contributed by atoms with E-state index < -0.39 is 6.10 Å². The Morgan fingerprint density at radius 2 is 2.17 bits per heavy atom. The number of anilines is 1. The smallest absolute Gasteiger partial charge is 0.111 e. The number of hydrogen-bond donors (Lipinski definition) is 3. The standard InChI is InChI=1S/C15H22N2O/c1-9(2)14(18)13-7-12-6-11(5-10-3-4-10)8-16-15(12)17-13/h6-7,9-10,14,16-18H,3-5,8H2,1-2H3. The molecule has 3 N–H and O–H groups in total. The molecule has 2 aliphatic rings. The molecule has 0 spiro atoms. The maximum Gasteiger partial charge on any atom is 0.111 e. The van der Waals surface area contributed by atoms with E-state index in [1.54, 1.807) is 0 Å². The Kier molecular flexibility index (Phi) is 2.94. The number of nitrogens with one attached hydrogen (secondary N) is 2. The predicted molar refractivity (Wildman–Crippen MR) is 74.4 cm³/mol. The molecule has 3 heteroatoms. The monoisotopic (exact) mass is 246 g/mol. The van der Waals surface area contributed by atoms with Crippen LogP contribution in [0.1, 0.15) is 50.5 Å². The number of aliphatic hydroxyl groups excluding tert-OH is 1. The summed E-state index contributed by atoms with van der Waals surface area (Å²) in [7, 11) is 0. The van der Waals surface area contributed by atoms with Gasteiger partial charge in [0.05, 0.1) is 6.10 Å². The normalized spacial score (nSPS) is 20.3. The van der Waals surface area contributed by atoms with E-state index in [9.17, 15) is 5.11 Å². The minimum absolute atomic E-state index is 0.236. The lowest BCUT2D eigenvalue weighted by molar-refractivity contribution is 0.123. The molecule has 1 aromatic rings. The molecule has 1 unspecified atom stereocenters. The van der Waals surface area contributed by atoms with E-state index in [-0.39, 0.29) is 5.92 Å². The molecule has 1 saturated carbocycles. The first-order valence-corrected chi connectivity index (χ1v) is 6.98. The Hall–Kier alpha value is -1.22. The highest BCUT2D eigenvalue weighted by molar-refractivity contribution is 5.70. The van der Waals surface area contributed by atoms with E-state index in [2.05, 4.69) is 22.4 Å². The third-order valence-corrected chi connectivity index (χ3v) is 3.92. The highest BCUT2D eigenvalue weighted by atomic mass is 16.3. The van der Waals surface area contributed by atoms with Gasteiger partial charge < -0.3 is 15.4 Å². The van der Waals surface area contributed by atoms with Crippen molar-refractivity contribution in [2.24, 2.45) is 11.8 Å². The fraction of sp³-hybridized carbons (Fsp3) is 0.600. The van der Waals surface area contributed by atoms with E-state index in [0.717, 1.165) is 24.0 Å². The lowest BCUT2D eigenvalue weighted by Crippen LogP contribution is -2.10. The van der Waals surface area contributed by atoms with Crippen molar-refractivity contribution in [3.05, 3.63) is 22.9 Å². The maximum absolute atomic E-state index is 10.1. The molecule has 3 rings (SSSR count). The molecule has 0 saturated heterocycles. The number of rotatable bonds is 4. The van der Waals surface area contributed by atoms with Gasteiger partial charge in [0.1, 0.15) is 5.82 Å². The first-order chi connectivity index (χ1) is 8.63. The van der Waals surface area contributed by atoms with Crippen LogP contribution in [-0.2, 0) is 0 Å². The lowest BCUT2D eigenvalue weighted by Gasteiger charge is -2.15. The van der Waals surface area contributed by atoms with Crippen molar-refractivity contribution >= 4 is 11.9 Å². The Bertz CT molecular complexity index is 469. The molecular formula is C15H22N2O. The number of hydrogen-bond acceptors (Lipinski definition) is 2. The van der Waals surface area contributed by atoms with Gasteiger partial charge in [-0.15, -0.1) is 0 Å². The van der Waals surface area contributed by atoms with Gasteiger partial charge in [0.2, 0.25) is 0 Å². The van der Waals surface area contributed by atoms with Gasteiger partial charge in [-0.1, -0.05) is 25.5 Å². The highest BCUT2D eigenvalue weighted by Gasteiger charge is 2.24. The molecule has 3 nitrogen and oxygen atoms in total. The molecule has 0 radical (unpaired) electrons. The topological polar surface area (TPSA) is 48.0 Å². The van der Waals surface area contributed by atoms with Gasteiger partial charge in [0.25, 0.3) is 0 Å². The van der Waals surface area contributed by atoms with Gasteiger partial charge in [-0.05, 0) is 37.2 Å². The molecule has 0 bridgehead atoms. The van der Waals surface area contributed by atoms with Crippen molar-refractivity contribution in [3.8, 4) is 0 Å². The summed E-state index contributed by atoms with van der Waals surface area (Å²) in [4.78, 5) is 3.30. The van der Waals surface area contributed by atoms with Gasteiger partial charge >= 0.3 is 0 Å².